The number of hydrogen-bond donors (Lipinski definition) is 1. The molecule has 0 bridgehead atoms. The zero-order valence-electron chi connectivity index (χ0n) is 12.2. The van der Waals surface area contributed by atoms with Gasteiger partial charge in [-0.05, 0) is 37.6 Å². The zero-order chi connectivity index (χ0) is 12.7. The molecule has 0 aromatic heterocycles. The van der Waals surface area contributed by atoms with Crippen LogP contribution in [-0.2, 0) is 4.74 Å². The third kappa shape index (κ3) is 4.59. The van der Waals surface area contributed by atoms with Gasteiger partial charge in [0.15, 0.2) is 0 Å². The largest absolute Gasteiger partial charge is 0.384 e. The van der Waals surface area contributed by atoms with Crippen LogP contribution in [0, 0.1) is 17.8 Å². The third-order valence-electron chi connectivity index (χ3n) is 4.49. The zero-order valence-corrected chi connectivity index (χ0v) is 12.2. The van der Waals surface area contributed by atoms with Crippen LogP contribution in [0.5, 0.6) is 0 Å². The van der Waals surface area contributed by atoms with E-state index >= 15 is 0 Å². The highest BCUT2D eigenvalue weighted by Gasteiger charge is 2.30. The van der Waals surface area contributed by atoms with Gasteiger partial charge in [-0.15, -0.1) is 0 Å². The van der Waals surface area contributed by atoms with E-state index in [0.717, 1.165) is 18.4 Å². The number of nitrogens with one attached hydrogen (secondary N) is 1. The lowest BCUT2D eigenvalue weighted by Gasteiger charge is -2.37. The first kappa shape index (κ1) is 15.0. The van der Waals surface area contributed by atoms with E-state index in [-0.39, 0.29) is 0 Å². The van der Waals surface area contributed by atoms with Crippen molar-refractivity contribution in [2.75, 3.05) is 20.8 Å². The van der Waals surface area contributed by atoms with Crippen molar-refractivity contribution in [3.63, 3.8) is 0 Å². The number of rotatable bonds is 7. The van der Waals surface area contributed by atoms with E-state index in [1.54, 1.807) is 7.11 Å². The summed E-state index contributed by atoms with van der Waals surface area (Å²) in [7, 11) is 3.94. The second-order valence-electron chi connectivity index (χ2n) is 5.81. The molecule has 0 aliphatic heterocycles. The smallest absolute Gasteiger partial charge is 0.0488 e. The van der Waals surface area contributed by atoms with Gasteiger partial charge in [-0.3, -0.25) is 0 Å². The molecule has 2 heteroatoms. The molecule has 1 N–H and O–H groups in total. The summed E-state index contributed by atoms with van der Waals surface area (Å²) in [6, 6.07) is 0.686. The fourth-order valence-electron chi connectivity index (χ4n) is 3.57. The van der Waals surface area contributed by atoms with Gasteiger partial charge in [0.2, 0.25) is 0 Å². The monoisotopic (exact) mass is 241 g/mol. The average Bonchev–Trinajstić information content (AvgIpc) is 2.36. The molecule has 2 nitrogen and oxygen atoms in total. The van der Waals surface area contributed by atoms with Gasteiger partial charge in [0.1, 0.15) is 0 Å². The summed E-state index contributed by atoms with van der Waals surface area (Å²) in [6.45, 7) is 5.55. The van der Waals surface area contributed by atoms with Gasteiger partial charge in [-0.25, -0.2) is 0 Å². The first-order valence-corrected chi connectivity index (χ1v) is 7.39. The normalized spacial score (nSPS) is 28.9. The summed E-state index contributed by atoms with van der Waals surface area (Å²) in [5, 5.41) is 3.57. The van der Waals surface area contributed by atoms with Crippen LogP contribution in [0.25, 0.3) is 0 Å². The van der Waals surface area contributed by atoms with Gasteiger partial charge in [0.25, 0.3) is 0 Å². The van der Waals surface area contributed by atoms with Crippen molar-refractivity contribution in [3.8, 4) is 0 Å². The molecule has 1 aliphatic carbocycles. The summed E-state index contributed by atoms with van der Waals surface area (Å²) >= 11 is 0. The second kappa shape index (κ2) is 8.10. The maximum atomic E-state index is 5.26. The molecule has 0 aromatic carbocycles. The van der Waals surface area contributed by atoms with Crippen LogP contribution in [-0.4, -0.2) is 26.8 Å². The minimum Gasteiger partial charge on any atom is -0.384 e. The quantitative estimate of drug-likeness (QED) is 0.737. The van der Waals surface area contributed by atoms with Crippen LogP contribution < -0.4 is 5.32 Å². The maximum Gasteiger partial charge on any atom is 0.0488 e. The summed E-state index contributed by atoms with van der Waals surface area (Å²) < 4.78 is 5.26. The predicted octanol–water partition coefficient (Wildman–Crippen LogP) is 3.46. The molecular weight excluding hydrogens is 210 g/mol. The van der Waals surface area contributed by atoms with Gasteiger partial charge >= 0.3 is 0 Å². The van der Waals surface area contributed by atoms with Gasteiger partial charge in [-0.1, -0.05) is 39.5 Å². The minimum absolute atomic E-state index is 0.664. The van der Waals surface area contributed by atoms with Crippen molar-refractivity contribution in [2.45, 2.75) is 58.4 Å². The molecule has 0 aromatic rings. The topological polar surface area (TPSA) is 21.3 Å². The Balaban J connectivity index is 2.51. The molecule has 0 spiro atoms. The van der Waals surface area contributed by atoms with Crippen molar-refractivity contribution in [1.82, 2.24) is 5.32 Å². The highest BCUT2D eigenvalue weighted by molar-refractivity contribution is 4.84. The van der Waals surface area contributed by atoms with Crippen LogP contribution >= 0.6 is 0 Å². The van der Waals surface area contributed by atoms with Crippen LogP contribution in [0.2, 0.25) is 0 Å². The third-order valence-corrected chi connectivity index (χ3v) is 4.49. The van der Waals surface area contributed by atoms with Crippen molar-refractivity contribution in [3.05, 3.63) is 0 Å². The SMILES string of the molecule is CCC1CCCCC1C(CC(C)COC)NC. The van der Waals surface area contributed by atoms with Gasteiger partial charge < -0.3 is 10.1 Å². The Morgan fingerprint density at radius 1 is 1.29 bits per heavy atom. The molecule has 1 saturated carbocycles. The molecule has 0 radical (unpaired) electrons. The molecule has 0 heterocycles. The summed E-state index contributed by atoms with van der Waals surface area (Å²) in [5.41, 5.74) is 0. The van der Waals surface area contributed by atoms with E-state index in [1.165, 1.54) is 38.5 Å². The lowest BCUT2D eigenvalue weighted by Crippen LogP contribution is -2.40. The molecule has 17 heavy (non-hydrogen) atoms. The number of hydrogen-bond acceptors (Lipinski definition) is 2. The first-order valence-electron chi connectivity index (χ1n) is 7.39. The molecule has 1 fully saturated rings. The standard InChI is InChI=1S/C15H31NO/c1-5-13-8-6-7-9-14(13)15(16-3)10-12(2)11-17-4/h12-16H,5-11H2,1-4H3. The van der Waals surface area contributed by atoms with Crippen molar-refractivity contribution >= 4 is 0 Å². The molecule has 4 unspecified atom stereocenters. The molecule has 1 rings (SSSR count). The Morgan fingerprint density at radius 3 is 2.59 bits per heavy atom. The van der Waals surface area contributed by atoms with Gasteiger partial charge in [-0.2, -0.15) is 0 Å². The fraction of sp³-hybridized carbons (Fsp3) is 1.00. The van der Waals surface area contributed by atoms with Crippen LogP contribution in [0.4, 0.5) is 0 Å². The minimum atomic E-state index is 0.664. The molecular formula is C15H31NO. The maximum absolute atomic E-state index is 5.26. The Morgan fingerprint density at radius 2 is 2.00 bits per heavy atom. The molecule has 0 saturated heterocycles. The van der Waals surface area contributed by atoms with Crippen LogP contribution in [0.15, 0.2) is 0 Å². The summed E-state index contributed by atoms with van der Waals surface area (Å²) in [4.78, 5) is 0. The number of methoxy groups -OCH3 is 1. The van der Waals surface area contributed by atoms with Crippen molar-refractivity contribution in [2.24, 2.45) is 17.8 Å². The fourth-order valence-corrected chi connectivity index (χ4v) is 3.57. The molecule has 102 valence electrons. The Kier molecular flexibility index (Phi) is 7.14. The van der Waals surface area contributed by atoms with Crippen LogP contribution in [0.3, 0.4) is 0 Å². The Hall–Kier alpha value is -0.0800. The van der Waals surface area contributed by atoms with Crippen molar-refractivity contribution in [1.29, 1.82) is 0 Å². The van der Waals surface area contributed by atoms with Gasteiger partial charge in [0.05, 0.1) is 0 Å². The molecule has 4 atom stereocenters. The Labute approximate surface area is 108 Å². The highest BCUT2D eigenvalue weighted by atomic mass is 16.5. The summed E-state index contributed by atoms with van der Waals surface area (Å²) in [5.74, 6) is 2.49. The van der Waals surface area contributed by atoms with E-state index in [4.69, 9.17) is 4.74 Å². The van der Waals surface area contributed by atoms with E-state index < -0.39 is 0 Å². The first-order chi connectivity index (χ1) is 8.22. The lowest BCUT2D eigenvalue weighted by molar-refractivity contribution is 0.122. The van der Waals surface area contributed by atoms with E-state index in [1.807, 2.05) is 0 Å². The highest BCUT2D eigenvalue weighted by Crippen LogP contribution is 2.36. The predicted molar refractivity (Wildman–Crippen MR) is 74.2 cm³/mol. The Bertz CT molecular complexity index is 195. The van der Waals surface area contributed by atoms with E-state index in [2.05, 4.69) is 26.2 Å². The summed E-state index contributed by atoms with van der Waals surface area (Å²) in [6.07, 6.45) is 8.34. The second-order valence-corrected chi connectivity index (χ2v) is 5.81. The molecule has 1 aliphatic rings. The van der Waals surface area contributed by atoms with E-state index in [9.17, 15) is 0 Å². The van der Waals surface area contributed by atoms with Crippen LogP contribution in [0.1, 0.15) is 52.4 Å². The molecule has 0 amide bonds. The average molecular weight is 241 g/mol. The van der Waals surface area contributed by atoms with E-state index in [0.29, 0.717) is 12.0 Å². The number of ether oxygens (including phenoxy) is 1. The lowest BCUT2D eigenvalue weighted by atomic mass is 9.72. The van der Waals surface area contributed by atoms with Gasteiger partial charge in [0, 0.05) is 19.8 Å². The van der Waals surface area contributed by atoms with Crippen molar-refractivity contribution < 1.29 is 4.74 Å².